The molecule has 0 radical (unpaired) electrons. The molecule has 1 aromatic carbocycles. The van der Waals surface area contributed by atoms with Crippen molar-refractivity contribution in [1.82, 2.24) is 15.1 Å². The van der Waals surface area contributed by atoms with Gasteiger partial charge in [-0.15, -0.1) is 0 Å². The highest BCUT2D eigenvalue weighted by Gasteiger charge is 2.35. The van der Waals surface area contributed by atoms with Crippen LogP contribution < -0.4 is 5.32 Å². The first-order chi connectivity index (χ1) is 10.7. The second kappa shape index (κ2) is 6.58. The third-order valence-electron chi connectivity index (χ3n) is 4.61. The minimum absolute atomic E-state index is 0.149. The largest absolute Gasteiger partial charge is 0.319 e. The van der Waals surface area contributed by atoms with Gasteiger partial charge in [-0.1, -0.05) is 12.1 Å². The fourth-order valence-corrected chi connectivity index (χ4v) is 3.49. The second-order valence-corrected chi connectivity index (χ2v) is 6.17. The maximum Gasteiger partial charge on any atom is 0.261 e. The smallest absolute Gasteiger partial charge is 0.261 e. The maximum absolute atomic E-state index is 12.3. The number of hydrogen-bond acceptors (Lipinski definition) is 4. The lowest BCUT2D eigenvalue weighted by molar-refractivity contribution is 0.0623. The van der Waals surface area contributed by atoms with Gasteiger partial charge in [-0.25, -0.2) is 0 Å². The molecule has 0 aliphatic carbocycles. The van der Waals surface area contributed by atoms with Gasteiger partial charge < -0.3 is 10.2 Å². The van der Waals surface area contributed by atoms with Crippen molar-refractivity contribution in [3.63, 3.8) is 0 Å². The van der Waals surface area contributed by atoms with Crippen LogP contribution >= 0.6 is 0 Å². The average Bonchev–Trinajstić information content (AvgIpc) is 2.78. The lowest BCUT2D eigenvalue weighted by atomic mass is 9.98. The highest BCUT2D eigenvalue weighted by atomic mass is 16.2. The van der Waals surface area contributed by atoms with E-state index in [0.29, 0.717) is 23.6 Å². The Hall–Kier alpha value is -1.72. The van der Waals surface area contributed by atoms with Crippen molar-refractivity contribution in [2.24, 2.45) is 5.92 Å². The van der Waals surface area contributed by atoms with Crippen LogP contribution in [0.1, 0.15) is 33.6 Å². The molecule has 1 fully saturated rings. The molecule has 0 spiro atoms. The minimum Gasteiger partial charge on any atom is -0.319 e. The van der Waals surface area contributed by atoms with E-state index in [2.05, 4.69) is 10.2 Å². The molecule has 1 unspecified atom stereocenters. The molecular weight excluding hydrogens is 278 g/mol. The average molecular weight is 301 g/mol. The predicted octanol–water partition coefficient (Wildman–Crippen LogP) is 1.21. The van der Waals surface area contributed by atoms with E-state index >= 15 is 0 Å². The monoisotopic (exact) mass is 301 g/mol. The Labute approximate surface area is 131 Å². The van der Waals surface area contributed by atoms with Crippen LogP contribution in [-0.2, 0) is 0 Å². The second-order valence-electron chi connectivity index (χ2n) is 6.17. The van der Waals surface area contributed by atoms with Gasteiger partial charge in [0.1, 0.15) is 0 Å². The quantitative estimate of drug-likeness (QED) is 0.831. The number of carbonyl (C=O) groups excluding carboxylic acids is 2. The molecule has 1 atom stereocenters. The van der Waals surface area contributed by atoms with E-state index in [1.165, 1.54) is 17.7 Å². The Bertz CT molecular complexity index is 536. The van der Waals surface area contributed by atoms with Gasteiger partial charge in [0.2, 0.25) is 0 Å². The maximum atomic E-state index is 12.3. The number of nitrogens with zero attached hydrogens (tertiary/aromatic N) is 2. The number of imide groups is 1. The minimum atomic E-state index is -0.149. The molecule has 1 aromatic rings. The van der Waals surface area contributed by atoms with Gasteiger partial charge in [0.05, 0.1) is 11.1 Å². The van der Waals surface area contributed by atoms with Crippen molar-refractivity contribution < 1.29 is 9.59 Å². The van der Waals surface area contributed by atoms with Crippen molar-refractivity contribution in [2.45, 2.75) is 12.8 Å². The summed E-state index contributed by atoms with van der Waals surface area (Å²) in [6, 6.07) is 7.08. The van der Waals surface area contributed by atoms with Crippen LogP contribution in [0.15, 0.2) is 24.3 Å². The fourth-order valence-electron chi connectivity index (χ4n) is 3.49. The van der Waals surface area contributed by atoms with E-state index in [1.807, 2.05) is 7.05 Å². The zero-order chi connectivity index (χ0) is 15.5. The molecule has 3 rings (SSSR count). The predicted molar refractivity (Wildman–Crippen MR) is 84.9 cm³/mol. The van der Waals surface area contributed by atoms with E-state index in [9.17, 15) is 9.59 Å². The van der Waals surface area contributed by atoms with E-state index < -0.39 is 0 Å². The van der Waals surface area contributed by atoms with Crippen molar-refractivity contribution in [2.75, 3.05) is 39.8 Å². The molecule has 22 heavy (non-hydrogen) atoms. The topological polar surface area (TPSA) is 52.6 Å². The summed E-state index contributed by atoms with van der Waals surface area (Å²) in [4.78, 5) is 28.4. The summed E-state index contributed by atoms with van der Waals surface area (Å²) in [5, 5.41) is 3.24. The Morgan fingerprint density at radius 3 is 2.45 bits per heavy atom. The van der Waals surface area contributed by atoms with Crippen LogP contribution in [0.25, 0.3) is 0 Å². The SMILES string of the molecule is CNCC1CCCN(CCN2C(=O)c3ccccc3C2=O)C1. The van der Waals surface area contributed by atoms with Gasteiger partial charge in [0.15, 0.2) is 0 Å². The summed E-state index contributed by atoms with van der Waals surface area (Å²) >= 11 is 0. The van der Waals surface area contributed by atoms with E-state index in [0.717, 1.165) is 26.2 Å². The Kier molecular flexibility index (Phi) is 4.55. The standard InChI is InChI=1S/C17H23N3O2/c1-18-11-13-5-4-8-19(12-13)9-10-20-16(21)14-6-2-3-7-15(14)17(20)22/h2-3,6-7,13,18H,4-5,8-12H2,1H3. The summed E-state index contributed by atoms with van der Waals surface area (Å²) in [5.41, 5.74) is 1.08. The van der Waals surface area contributed by atoms with Crippen molar-refractivity contribution in [3.05, 3.63) is 35.4 Å². The lowest BCUT2D eigenvalue weighted by Crippen LogP contribution is -2.44. The van der Waals surface area contributed by atoms with Crippen LogP contribution in [0.5, 0.6) is 0 Å². The van der Waals surface area contributed by atoms with Gasteiger partial charge in [0, 0.05) is 19.6 Å². The number of amides is 2. The summed E-state index contributed by atoms with van der Waals surface area (Å²) in [6.45, 7) is 4.39. The Morgan fingerprint density at radius 1 is 1.14 bits per heavy atom. The Balaban J connectivity index is 1.59. The molecule has 2 aliphatic heterocycles. The first-order valence-corrected chi connectivity index (χ1v) is 8.03. The molecule has 0 aromatic heterocycles. The zero-order valence-corrected chi connectivity index (χ0v) is 13.0. The van der Waals surface area contributed by atoms with Gasteiger partial charge in [-0.3, -0.25) is 14.5 Å². The Morgan fingerprint density at radius 2 is 1.82 bits per heavy atom. The molecule has 118 valence electrons. The number of piperidine rings is 1. The first-order valence-electron chi connectivity index (χ1n) is 8.03. The number of fused-ring (bicyclic) bond motifs is 1. The summed E-state index contributed by atoms with van der Waals surface area (Å²) < 4.78 is 0. The number of hydrogen-bond donors (Lipinski definition) is 1. The molecule has 1 saturated heterocycles. The third-order valence-corrected chi connectivity index (χ3v) is 4.61. The van der Waals surface area contributed by atoms with Gasteiger partial charge in [-0.05, 0) is 51.0 Å². The van der Waals surface area contributed by atoms with Crippen LogP contribution in [0.2, 0.25) is 0 Å². The lowest BCUT2D eigenvalue weighted by Gasteiger charge is -2.33. The number of rotatable bonds is 5. The molecule has 2 heterocycles. The summed E-state index contributed by atoms with van der Waals surface area (Å²) in [6.07, 6.45) is 2.44. The first kappa shape index (κ1) is 15.2. The number of nitrogens with one attached hydrogen (secondary N) is 1. The van der Waals surface area contributed by atoms with Gasteiger partial charge >= 0.3 is 0 Å². The highest BCUT2D eigenvalue weighted by molar-refractivity contribution is 6.21. The summed E-state index contributed by atoms with van der Waals surface area (Å²) in [5.74, 6) is 0.370. The van der Waals surface area contributed by atoms with Crippen LogP contribution in [-0.4, -0.2) is 61.4 Å². The molecule has 1 N–H and O–H groups in total. The van der Waals surface area contributed by atoms with Crippen LogP contribution in [0.4, 0.5) is 0 Å². The van der Waals surface area contributed by atoms with Crippen molar-refractivity contribution in [1.29, 1.82) is 0 Å². The molecular formula is C17H23N3O2. The normalized spacial score (nSPS) is 22.2. The molecule has 5 nitrogen and oxygen atoms in total. The van der Waals surface area contributed by atoms with Gasteiger partial charge in [-0.2, -0.15) is 0 Å². The van der Waals surface area contributed by atoms with E-state index in [-0.39, 0.29) is 11.8 Å². The zero-order valence-electron chi connectivity index (χ0n) is 13.0. The third kappa shape index (κ3) is 2.91. The molecule has 0 saturated carbocycles. The molecule has 0 bridgehead atoms. The van der Waals surface area contributed by atoms with Gasteiger partial charge in [0.25, 0.3) is 11.8 Å². The van der Waals surface area contributed by atoms with E-state index in [1.54, 1.807) is 24.3 Å². The van der Waals surface area contributed by atoms with Crippen LogP contribution in [0, 0.1) is 5.92 Å². The molecule has 2 amide bonds. The van der Waals surface area contributed by atoms with Crippen molar-refractivity contribution >= 4 is 11.8 Å². The number of carbonyl (C=O) groups is 2. The fraction of sp³-hybridized carbons (Fsp3) is 0.529. The highest BCUT2D eigenvalue weighted by Crippen LogP contribution is 2.22. The van der Waals surface area contributed by atoms with E-state index in [4.69, 9.17) is 0 Å². The van der Waals surface area contributed by atoms with Crippen molar-refractivity contribution in [3.8, 4) is 0 Å². The summed E-state index contributed by atoms with van der Waals surface area (Å²) in [7, 11) is 1.98. The number of benzene rings is 1. The molecule has 2 aliphatic rings. The molecule has 5 heteroatoms. The number of likely N-dealkylation sites (tertiary alicyclic amines) is 1. The van der Waals surface area contributed by atoms with Crippen LogP contribution in [0.3, 0.4) is 0 Å².